The highest BCUT2D eigenvalue weighted by atomic mass is 16.5. The number of nitrogens with one attached hydrogen (secondary N) is 1. The summed E-state index contributed by atoms with van der Waals surface area (Å²) in [7, 11) is 4.17. The molecule has 0 saturated carbocycles. The van der Waals surface area contributed by atoms with E-state index in [1.54, 1.807) is 0 Å². The fourth-order valence-electron chi connectivity index (χ4n) is 2.64. The Balaban J connectivity index is 2.35. The number of likely N-dealkylation sites (N-methyl/N-ethyl adjacent to an activating group) is 1. The molecule has 2 unspecified atom stereocenters. The van der Waals surface area contributed by atoms with E-state index in [0.29, 0.717) is 17.5 Å². The van der Waals surface area contributed by atoms with E-state index in [1.807, 2.05) is 0 Å². The summed E-state index contributed by atoms with van der Waals surface area (Å²) in [5.41, 5.74) is 0.322. The van der Waals surface area contributed by atoms with Gasteiger partial charge in [-0.2, -0.15) is 0 Å². The lowest BCUT2D eigenvalue weighted by Gasteiger charge is -2.45. The predicted octanol–water partition coefficient (Wildman–Crippen LogP) is 1.66. The fraction of sp³-hybridized carbons (Fsp3) is 1.00. The molecule has 1 N–H and O–H groups in total. The molecule has 0 spiro atoms. The van der Waals surface area contributed by atoms with Crippen LogP contribution in [0.3, 0.4) is 0 Å². The first-order chi connectivity index (χ1) is 9.34. The van der Waals surface area contributed by atoms with E-state index in [-0.39, 0.29) is 0 Å². The average Bonchev–Trinajstić information content (AvgIpc) is 2.36. The smallest absolute Gasteiger partial charge is 0.0594 e. The van der Waals surface area contributed by atoms with Crippen LogP contribution in [0.5, 0.6) is 0 Å². The van der Waals surface area contributed by atoms with Crippen LogP contribution < -0.4 is 5.32 Å². The Morgan fingerprint density at radius 3 is 2.50 bits per heavy atom. The highest BCUT2D eigenvalue weighted by Gasteiger charge is 2.32. The van der Waals surface area contributed by atoms with Crippen LogP contribution in [-0.2, 0) is 4.74 Å². The van der Waals surface area contributed by atoms with E-state index in [4.69, 9.17) is 4.74 Å². The lowest BCUT2D eigenvalue weighted by atomic mass is 9.84. The molecular formula is C16H35N3O. The van der Waals surface area contributed by atoms with E-state index in [2.05, 4.69) is 56.9 Å². The molecule has 4 nitrogen and oxygen atoms in total. The summed E-state index contributed by atoms with van der Waals surface area (Å²) in [6.07, 6.45) is 1.21. The minimum atomic E-state index is 0.322. The van der Waals surface area contributed by atoms with Gasteiger partial charge in [0.1, 0.15) is 0 Å². The van der Waals surface area contributed by atoms with E-state index in [1.165, 1.54) is 6.42 Å². The molecule has 20 heavy (non-hydrogen) atoms. The van der Waals surface area contributed by atoms with Crippen LogP contribution in [0.1, 0.15) is 34.1 Å². The Morgan fingerprint density at radius 1 is 1.25 bits per heavy atom. The number of hydrogen-bond donors (Lipinski definition) is 1. The van der Waals surface area contributed by atoms with Gasteiger partial charge in [0.2, 0.25) is 0 Å². The molecule has 1 aliphatic heterocycles. The van der Waals surface area contributed by atoms with Gasteiger partial charge in [-0.1, -0.05) is 27.7 Å². The molecule has 120 valence electrons. The molecule has 0 aromatic carbocycles. The first kappa shape index (κ1) is 17.9. The van der Waals surface area contributed by atoms with Gasteiger partial charge >= 0.3 is 0 Å². The number of nitrogens with zero attached hydrogens (tertiary/aromatic N) is 2. The topological polar surface area (TPSA) is 27.7 Å². The summed E-state index contributed by atoms with van der Waals surface area (Å²) in [6, 6.07) is 1.23. The van der Waals surface area contributed by atoms with E-state index < -0.39 is 0 Å². The second-order valence-corrected chi connectivity index (χ2v) is 7.30. The number of ether oxygens (including phenoxy) is 1. The lowest BCUT2D eigenvalue weighted by Crippen LogP contribution is -2.60. The van der Waals surface area contributed by atoms with Gasteiger partial charge in [-0.15, -0.1) is 0 Å². The summed E-state index contributed by atoms with van der Waals surface area (Å²) >= 11 is 0. The molecule has 1 fully saturated rings. The minimum absolute atomic E-state index is 0.322. The Labute approximate surface area is 125 Å². The van der Waals surface area contributed by atoms with Crippen LogP contribution in [-0.4, -0.2) is 75.4 Å². The van der Waals surface area contributed by atoms with Crippen molar-refractivity contribution in [2.75, 3.05) is 53.5 Å². The normalized spacial score (nSPS) is 25.4. The zero-order valence-electron chi connectivity index (χ0n) is 14.4. The molecule has 0 bridgehead atoms. The first-order valence-corrected chi connectivity index (χ1v) is 8.04. The quantitative estimate of drug-likeness (QED) is 0.720. The third kappa shape index (κ3) is 6.08. The summed E-state index contributed by atoms with van der Waals surface area (Å²) in [5.74, 6) is 0. The van der Waals surface area contributed by atoms with Crippen LogP contribution in [0.2, 0.25) is 0 Å². The number of hydrogen-bond acceptors (Lipinski definition) is 4. The van der Waals surface area contributed by atoms with Gasteiger partial charge in [-0.3, -0.25) is 4.90 Å². The SMILES string of the molecule is CCC1CNC(C(C)(C)C)CN1CCOCCN(C)C. The highest BCUT2D eigenvalue weighted by Crippen LogP contribution is 2.24. The van der Waals surface area contributed by atoms with Gasteiger partial charge < -0.3 is 15.0 Å². The van der Waals surface area contributed by atoms with Gasteiger partial charge in [0.15, 0.2) is 0 Å². The van der Waals surface area contributed by atoms with Crippen molar-refractivity contribution in [3.8, 4) is 0 Å². The van der Waals surface area contributed by atoms with Crippen molar-refractivity contribution in [2.45, 2.75) is 46.2 Å². The number of rotatable bonds is 7. The Hall–Kier alpha value is -0.160. The standard InChI is InChI=1S/C16H35N3O/c1-7-14-12-17-15(16(2,3)4)13-19(14)9-11-20-10-8-18(5)6/h14-15,17H,7-13H2,1-6H3. The van der Waals surface area contributed by atoms with E-state index in [9.17, 15) is 0 Å². The van der Waals surface area contributed by atoms with Crippen molar-refractivity contribution in [1.82, 2.24) is 15.1 Å². The lowest BCUT2D eigenvalue weighted by molar-refractivity contribution is 0.0419. The molecule has 0 aliphatic carbocycles. The summed E-state index contributed by atoms with van der Waals surface area (Å²) in [6.45, 7) is 15.2. The van der Waals surface area contributed by atoms with Crippen molar-refractivity contribution in [3.63, 3.8) is 0 Å². The molecule has 1 aliphatic rings. The second kappa shape index (κ2) is 8.32. The molecule has 0 aromatic rings. The molecule has 1 heterocycles. The van der Waals surface area contributed by atoms with E-state index in [0.717, 1.165) is 39.4 Å². The molecule has 0 radical (unpaired) electrons. The third-order valence-electron chi connectivity index (χ3n) is 4.26. The van der Waals surface area contributed by atoms with Crippen molar-refractivity contribution in [1.29, 1.82) is 0 Å². The summed E-state index contributed by atoms with van der Waals surface area (Å²) in [5, 5.41) is 3.72. The van der Waals surface area contributed by atoms with E-state index >= 15 is 0 Å². The molecular weight excluding hydrogens is 250 g/mol. The third-order valence-corrected chi connectivity index (χ3v) is 4.26. The fourth-order valence-corrected chi connectivity index (χ4v) is 2.64. The Morgan fingerprint density at radius 2 is 1.95 bits per heavy atom. The maximum absolute atomic E-state index is 5.76. The van der Waals surface area contributed by atoms with Crippen molar-refractivity contribution < 1.29 is 4.74 Å². The predicted molar refractivity (Wildman–Crippen MR) is 86.3 cm³/mol. The van der Waals surface area contributed by atoms with Crippen LogP contribution in [0.15, 0.2) is 0 Å². The minimum Gasteiger partial charge on any atom is -0.379 e. The Bertz CT molecular complexity index is 263. The van der Waals surface area contributed by atoms with Crippen LogP contribution in [0.25, 0.3) is 0 Å². The maximum atomic E-state index is 5.76. The molecule has 0 aromatic heterocycles. The molecule has 2 atom stereocenters. The largest absolute Gasteiger partial charge is 0.379 e. The zero-order chi connectivity index (χ0) is 15.2. The maximum Gasteiger partial charge on any atom is 0.0594 e. The second-order valence-electron chi connectivity index (χ2n) is 7.30. The van der Waals surface area contributed by atoms with Crippen molar-refractivity contribution in [3.05, 3.63) is 0 Å². The monoisotopic (exact) mass is 285 g/mol. The van der Waals surface area contributed by atoms with Gasteiger partial charge in [0.05, 0.1) is 13.2 Å². The first-order valence-electron chi connectivity index (χ1n) is 8.04. The zero-order valence-corrected chi connectivity index (χ0v) is 14.4. The molecule has 4 heteroatoms. The Kier molecular flexibility index (Phi) is 7.45. The average molecular weight is 285 g/mol. The summed E-state index contributed by atoms with van der Waals surface area (Å²) < 4.78 is 5.76. The van der Waals surface area contributed by atoms with Crippen LogP contribution in [0.4, 0.5) is 0 Å². The molecule has 0 amide bonds. The van der Waals surface area contributed by atoms with Gasteiger partial charge in [0.25, 0.3) is 0 Å². The number of piperazine rings is 1. The highest BCUT2D eigenvalue weighted by molar-refractivity contribution is 4.91. The van der Waals surface area contributed by atoms with Crippen LogP contribution >= 0.6 is 0 Å². The van der Waals surface area contributed by atoms with Gasteiger partial charge in [-0.05, 0) is 25.9 Å². The summed E-state index contributed by atoms with van der Waals surface area (Å²) in [4.78, 5) is 4.78. The van der Waals surface area contributed by atoms with Crippen LogP contribution in [0, 0.1) is 5.41 Å². The van der Waals surface area contributed by atoms with Gasteiger partial charge in [0, 0.05) is 38.3 Å². The molecule has 1 saturated heterocycles. The molecule has 1 rings (SSSR count). The van der Waals surface area contributed by atoms with Crippen molar-refractivity contribution >= 4 is 0 Å². The van der Waals surface area contributed by atoms with Crippen molar-refractivity contribution in [2.24, 2.45) is 5.41 Å². The van der Waals surface area contributed by atoms with Gasteiger partial charge in [-0.25, -0.2) is 0 Å².